The van der Waals surface area contributed by atoms with E-state index in [1.165, 1.54) is 11.1 Å². The Balaban J connectivity index is 2.12. The molecule has 0 fully saturated rings. The molecule has 2 aromatic heterocycles. The maximum atomic E-state index is 6.12. The minimum Gasteiger partial charge on any atom is -0.323 e. The summed E-state index contributed by atoms with van der Waals surface area (Å²) in [4.78, 5) is 4.68. The maximum Gasteiger partial charge on any atom is 0.111 e. The first kappa shape index (κ1) is 13.9. The second-order valence-corrected chi connectivity index (χ2v) is 6.32. The lowest BCUT2D eigenvalue weighted by Gasteiger charge is -2.08. The highest BCUT2D eigenvalue weighted by Crippen LogP contribution is 2.24. The van der Waals surface area contributed by atoms with Crippen molar-refractivity contribution in [1.29, 1.82) is 0 Å². The summed E-state index contributed by atoms with van der Waals surface area (Å²) >= 11 is 13.8. The summed E-state index contributed by atoms with van der Waals surface area (Å²) in [6.45, 7) is 2.96. The first-order valence-corrected chi connectivity index (χ1v) is 8.27. The molecule has 20 heavy (non-hydrogen) atoms. The average molecular weight is 325 g/mol. The zero-order valence-electron chi connectivity index (χ0n) is 11.1. The molecule has 3 rings (SSSR count). The second-order valence-electron chi connectivity index (χ2n) is 4.77. The van der Waals surface area contributed by atoms with E-state index in [1.54, 1.807) is 11.3 Å². The third-order valence-electron chi connectivity index (χ3n) is 3.40. The Morgan fingerprint density at radius 3 is 2.85 bits per heavy atom. The van der Waals surface area contributed by atoms with Gasteiger partial charge in [0.1, 0.15) is 5.82 Å². The fourth-order valence-corrected chi connectivity index (χ4v) is 3.50. The molecule has 0 aliphatic heterocycles. The van der Waals surface area contributed by atoms with Crippen molar-refractivity contribution >= 4 is 45.6 Å². The molecular weight excluding hydrogens is 311 g/mol. The Morgan fingerprint density at radius 2 is 2.15 bits per heavy atom. The average Bonchev–Trinajstić information content (AvgIpc) is 2.96. The lowest BCUT2D eigenvalue weighted by atomic mass is 10.2. The van der Waals surface area contributed by atoms with Crippen molar-refractivity contribution in [2.45, 2.75) is 19.9 Å². The number of benzene rings is 1. The van der Waals surface area contributed by atoms with Crippen LogP contribution in [0.4, 0.5) is 0 Å². The lowest BCUT2D eigenvalue weighted by Crippen LogP contribution is -2.06. The van der Waals surface area contributed by atoms with Crippen LogP contribution in [0.15, 0.2) is 29.0 Å². The van der Waals surface area contributed by atoms with Gasteiger partial charge in [0.15, 0.2) is 0 Å². The Hall–Kier alpha value is -1.03. The van der Waals surface area contributed by atoms with E-state index >= 15 is 0 Å². The standard InChI is InChI=1S/C15H14Cl2N2S/c1-10-8-20-9-11(10)7-19-14-6-12(17)2-3-13(14)18-15(19)4-5-16/h2-3,6,8-9H,4-5,7H2,1H3. The molecule has 1 aromatic carbocycles. The van der Waals surface area contributed by atoms with Crippen LogP contribution in [0.25, 0.3) is 11.0 Å². The van der Waals surface area contributed by atoms with Gasteiger partial charge in [-0.05, 0) is 47.0 Å². The highest BCUT2D eigenvalue weighted by molar-refractivity contribution is 7.08. The number of halogens is 2. The van der Waals surface area contributed by atoms with Crippen LogP contribution < -0.4 is 0 Å². The van der Waals surface area contributed by atoms with Gasteiger partial charge in [0.25, 0.3) is 0 Å². The van der Waals surface area contributed by atoms with E-state index in [4.69, 9.17) is 23.2 Å². The summed E-state index contributed by atoms with van der Waals surface area (Å²) in [6, 6.07) is 5.82. The fourth-order valence-electron chi connectivity index (χ4n) is 2.32. The summed E-state index contributed by atoms with van der Waals surface area (Å²) in [5.41, 5.74) is 4.69. The largest absolute Gasteiger partial charge is 0.323 e. The molecule has 5 heteroatoms. The number of rotatable bonds is 4. The summed E-state index contributed by atoms with van der Waals surface area (Å²) in [5.74, 6) is 1.59. The molecule has 0 unspecified atom stereocenters. The molecule has 3 aromatic rings. The molecule has 0 atom stereocenters. The third kappa shape index (κ3) is 2.58. The van der Waals surface area contributed by atoms with Crippen molar-refractivity contribution in [2.24, 2.45) is 0 Å². The van der Waals surface area contributed by atoms with Gasteiger partial charge in [-0.1, -0.05) is 11.6 Å². The normalized spacial score (nSPS) is 11.3. The van der Waals surface area contributed by atoms with E-state index in [2.05, 4.69) is 27.2 Å². The van der Waals surface area contributed by atoms with Crippen LogP contribution in [-0.4, -0.2) is 15.4 Å². The molecule has 0 N–H and O–H groups in total. The zero-order chi connectivity index (χ0) is 14.1. The smallest absolute Gasteiger partial charge is 0.111 e. The van der Waals surface area contributed by atoms with E-state index in [0.29, 0.717) is 5.88 Å². The second kappa shape index (κ2) is 5.76. The zero-order valence-corrected chi connectivity index (χ0v) is 13.4. The number of thiophene rings is 1. The lowest BCUT2D eigenvalue weighted by molar-refractivity contribution is 0.753. The molecule has 2 heterocycles. The predicted octanol–water partition coefficient (Wildman–Crippen LogP) is 4.89. The van der Waals surface area contributed by atoms with Gasteiger partial charge in [0.2, 0.25) is 0 Å². The van der Waals surface area contributed by atoms with E-state index in [-0.39, 0.29) is 0 Å². The number of hydrogen-bond donors (Lipinski definition) is 0. The number of aromatic nitrogens is 2. The predicted molar refractivity (Wildman–Crippen MR) is 87.3 cm³/mol. The monoisotopic (exact) mass is 324 g/mol. The van der Waals surface area contributed by atoms with Gasteiger partial charge in [-0.3, -0.25) is 0 Å². The maximum absolute atomic E-state index is 6.12. The van der Waals surface area contributed by atoms with Crippen LogP contribution in [0.1, 0.15) is 17.0 Å². The Labute approximate surface area is 132 Å². The molecule has 0 bridgehead atoms. The van der Waals surface area contributed by atoms with Crippen molar-refractivity contribution in [3.05, 3.63) is 50.9 Å². The Kier molecular flexibility index (Phi) is 4.01. The SMILES string of the molecule is Cc1cscc1Cn1c(CCCl)nc2ccc(Cl)cc21. The molecule has 104 valence electrons. The highest BCUT2D eigenvalue weighted by Gasteiger charge is 2.12. The van der Waals surface area contributed by atoms with Gasteiger partial charge in [0, 0.05) is 17.3 Å². The fraction of sp³-hybridized carbons (Fsp3) is 0.267. The van der Waals surface area contributed by atoms with Crippen LogP contribution in [0, 0.1) is 6.92 Å². The summed E-state index contributed by atoms with van der Waals surface area (Å²) in [7, 11) is 0. The van der Waals surface area contributed by atoms with Crippen molar-refractivity contribution < 1.29 is 0 Å². The topological polar surface area (TPSA) is 17.8 Å². The third-order valence-corrected chi connectivity index (χ3v) is 4.73. The molecule has 0 aliphatic rings. The molecular formula is C15H14Cl2N2S. The number of aryl methyl sites for hydroxylation is 2. The summed E-state index contributed by atoms with van der Waals surface area (Å²) in [6.07, 6.45) is 0.761. The highest BCUT2D eigenvalue weighted by atomic mass is 35.5. The first-order chi connectivity index (χ1) is 9.69. The van der Waals surface area contributed by atoms with Gasteiger partial charge in [-0.25, -0.2) is 4.98 Å². The van der Waals surface area contributed by atoms with Gasteiger partial charge in [0.05, 0.1) is 17.6 Å². The number of fused-ring (bicyclic) bond motifs is 1. The molecule has 0 radical (unpaired) electrons. The van der Waals surface area contributed by atoms with E-state index < -0.39 is 0 Å². The van der Waals surface area contributed by atoms with Gasteiger partial charge in [-0.2, -0.15) is 11.3 Å². The van der Waals surface area contributed by atoms with E-state index in [9.17, 15) is 0 Å². The van der Waals surface area contributed by atoms with Crippen LogP contribution in [0.3, 0.4) is 0 Å². The van der Waals surface area contributed by atoms with Crippen molar-refractivity contribution in [3.8, 4) is 0 Å². The van der Waals surface area contributed by atoms with Gasteiger partial charge in [-0.15, -0.1) is 11.6 Å². The minimum absolute atomic E-state index is 0.569. The van der Waals surface area contributed by atoms with Crippen molar-refractivity contribution in [3.63, 3.8) is 0 Å². The molecule has 0 saturated carbocycles. The number of nitrogens with zero attached hydrogens (tertiary/aromatic N) is 2. The summed E-state index contributed by atoms with van der Waals surface area (Å²) < 4.78 is 2.22. The quantitative estimate of drug-likeness (QED) is 0.625. The molecule has 2 nitrogen and oxygen atoms in total. The number of hydrogen-bond acceptors (Lipinski definition) is 2. The van der Waals surface area contributed by atoms with Crippen LogP contribution >= 0.6 is 34.5 Å². The number of alkyl halides is 1. The van der Waals surface area contributed by atoms with Gasteiger partial charge < -0.3 is 4.57 Å². The minimum atomic E-state index is 0.569. The molecule has 0 saturated heterocycles. The van der Waals surface area contributed by atoms with Gasteiger partial charge >= 0.3 is 0 Å². The van der Waals surface area contributed by atoms with Crippen molar-refractivity contribution in [2.75, 3.05) is 5.88 Å². The van der Waals surface area contributed by atoms with Crippen molar-refractivity contribution in [1.82, 2.24) is 9.55 Å². The van der Waals surface area contributed by atoms with Crippen LogP contribution in [0.5, 0.6) is 0 Å². The Morgan fingerprint density at radius 1 is 1.30 bits per heavy atom. The summed E-state index contributed by atoms with van der Waals surface area (Å²) in [5, 5.41) is 5.09. The van der Waals surface area contributed by atoms with Crippen LogP contribution in [-0.2, 0) is 13.0 Å². The first-order valence-electron chi connectivity index (χ1n) is 6.41. The van der Waals surface area contributed by atoms with Crippen LogP contribution in [0.2, 0.25) is 5.02 Å². The van der Waals surface area contributed by atoms with E-state index in [0.717, 1.165) is 34.8 Å². The molecule has 0 spiro atoms. The molecule has 0 amide bonds. The van der Waals surface area contributed by atoms with E-state index in [1.807, 2.05) is 18.2 Å². The number of imidazole rings is 1. The molecule has 0 aliphatic carbocycles. The Bertz CT molecular complexity index is 745.